The van der Waals surface area contributed by atoms with Crippen LogP contribution in [0.25, 0.3) is 33.5 Å². The van der Waals surface area contributed by atoms with Gasteiger partial charge >= 0.3 is 0 Å². The summed E-state index contributed by atoms with van der Waals surface area (Å²) in [7, 11) is 0. The van der Waals surface area contributed by atoms with Gasteiger partial charge in [0, 0.05) is 22.8 Å². The van der Waals surface area contributed by atoms with Gasteiger partial charge in [-0.1, -0.05) is 0 Å². The lowest BCUT2D eigenvalue weighted by Gasteiger charge is -2.05. The fraction of sp³-hybridized carbons (Fsp3) is 0.222. The van der Waals surface area contributed by atoms with Crippen LogP contribution in [0.3, 0.4) is 0 Å². The van der Waals surface area contributed by atoms with Crippen LogP contribution in [0.1, 0.15) is 24.6 Å². The molecule has 0 saturated heterocycles. The van der Waals surface area contributed by atoms with Gasteiger partial charge in [0.25, 0.3) is 0 Å². The van der Waals surface area contributed by atoms with Crippen molar-refractivity contribution < 1.29 is 4.39 Å². The van der Waals surface area contributed by atoms with E-state index in [1.165, 1.54) is 12.3 Å². The van der Waals surface area contributed by atoms with E-state index >= 15 is 0 Å². The minimum Gasteiger partial charge on any atom is -0.268 e. The van der Waals surface area contributed by atoms with Crippen molar-refractivity contribution in [1.29, 1.82) is 0 Å². The van der Waals surface area contributed by atoms with Gasteiger partial charge in [0.1, 0.15) is 11.5 Å². The molecule has 4 aromatic rings. The van der Waals surface area contributed by atoms with Gasteiger partial charge in [-0.25, -0.2) is 9.37 Å². The number of halogens is 1. The summed E-state index contributed by atoms with van der Waals surface area (Å²) in [4.78, 5) is 8.71. The van der Waals surface area contributed by atoms with Crippen LogP contribution < -0.4 is 0 Å². The Bertz CT molecular complexity index is 1070. The highest BCUT2D eigenvalue weighted by molar-refractivity contribution is 5.96. The lowest BCUT2D eigenvalue weighted by atomic mass is 10.0. The van der Waals surface area contributed by atoms with Crippen LogP contribution in [0.5, 0.6) is 0 Å². The second kappa shape index (κ2) is 5.20. The highest BCUT2D eigenvalue weighted by atomic mass is 19.1. The van der Waals surface area contributed by atoms with E-state index in [0.29, 0.717) is 11.7 Å². The van der Waals surface area contributed by atoms with Crippen molar-refractivity contribution >= 4 is 11.0 Å². The largest absolute Gasteiger partial charge is 0.268 e. The summed E-state index contributed by atoms with van der Waals surface area (Å²) in [5, 5.41) is 12.7. The average molecular weight is 334 g/mol. The molecule has 1 aliphatic rings. The molecular formula is C18H15FN6. The number of aromatic nitrogens is 6. The van der Waals surface area contributed by atoms with Crippen molar-refractivity contribution in [1.82, 2.24) is 29.9 Å². The van der Waals surface area contributed by atoms with Crippen molar-refractivity contribution in [3.63, 3.8) is 0 Å². The summed E-state index contributed by atoms with van der Waals surface area (Å²) >= 11 is 0. The summed E-state index contributed by atoms with van der Waals surface area (Å²) < 4.78 is 15.3. The number of pyridine rings is 2. The molecule has 1 N–H and O–H groups in total. The minimum absolute atomic E-state index is 0.357. The Hall–Kier alpha value is -3.09. The van der Waals surface area contributed by atoms with Gasteiger partial charge in [-0.3, -0.25) is 14.8 Å². The molecule has 0 amide bonds. The van der Waals surface area contributed by atoms with Crippen LogP contribution in [0.15, 0.2) is 36.8 Å². The molecule has 6 nitrogen and oxygen atoms in total. The zero-order valence-corrected chi connectivity index (χ0v) is 13.6. The van der Waals surface area contributed by atoms with E-state index in [1.54, 1.807) is 12.3 Å². The number of fused-ring (bicyclic) bond motifs is 1. The molecule has 0 aliphatic heterocycles. The Balaban J connectivity index is 1.77. The Morgan fingerprint density at radius 2 is 2.08 bits per heavy atom. The van der Waals surface area contributed by atoms with Crippen LogP contribution in [0.4, 0.5) is 4.39 Å². The lowest BCUT2D eigenvalue weighted by Crippen LogP contribution is -1.94. The van der Waals surface area contributed by atoms with Crippen molar-refractivity contribution in [2.75, 3.05) is 0 Å². The third-order valence-electron chi connectivity index (χ3n) is 4.46. The maximum Gasteiger partial charge on any atom is 0.155 e. The molecule has 4 heterocycles. The minimum atomic E-state index is -0.357. The van der Waals surface area contributed by atoms with E-state index in [0.717, 1.165) is 46.4 Å². The number of aromatic amines is 1. The zero-order chi connectivity index (χ0) is 17.0. The number of hydrogen-bond donors (Lipinski definition) is 1. The maximum atomic E-state index is 13.3. The van der Waals surface area contributed by atoms with Gasteiger partial charge in [0.2, 0.25) is 0 Å². The molecule has 0 bridgehead atoms. The highest BCUT2D eigenvalue weighted by Gasteiger charge is 2.27. The molecule has 1 aliphatic carbocycles. The van der Waals surface area contributed by atoms with Crippen LogP contribution in [-0.2, 0) is 0 Å². The number of rotatable bonds is 3. The smallest absolute Gasteiger partial charge is 0.155 e. The molecule has 7 heteroatoms. The molecule has 0 unspecified atom stereocenters. The van der Waals surface area contributed by atoms with Crippen molar-refractivity contribution in [2.45, 2.75) is 25.8 Å². The van der Waals surface area contributed by atoms with Crippen LogP contribution >= 0.6 is 0 Å². The molecule has 0 atom stereocenters. The molecule has 0 radical (unpaired) electrons. The van der Waals surface area contributed by atoms with Gasteiger partial charge in [0.05, 0.1) is 24.1 Å². The van der Waals surface area contributed by atoms with E-state index < -0.39 is 0 Å². The predicted molar refractivity (Wildman–Crippen MR) is 91.3 cm³/mol. The van der Waals surface area contributed by atoms with Crippen LogP contribution in [0.2, 0.25) is 0 Å². The third kappa shape index (κ3) is 2.39. The first kappa shape index (κ1) is 14.3. The third-order valence-corrected chi connectivity index (χ3v) is 4.46. The number of H-pyrrole nitrogens is 1. The van der Waals surface area contributed by atoms with E-state index in [-0.39, 0.29) is 5.82 Å². The van der Waals surface area contributed by atoms with Gasteiger partial charge in [0.15, 0.2) is 5.65 Å². The van der Waals surface area contributed by atoms with Gasteiger partial charge < -0.3 is 0 Å². The lowest BCUT2D eigenvalue weighted by molar-refractivity contribution is 0.621. The quantitative estimate of drug-likeness (QED) is 0.620. The first-order chi connectivity index (χ1) is 12.2. The van der Waals surface area contributed by atoms with Crippen molar-refractivity contribution in [3.8, 4) is 22.5 Å². The molecule has 1 saturated carbocycles. The van der Waals surface area contributed by atoms with E-state index in [9.17, 15) is 4.39 Å². The first-order valence-electron chi connectivity index (χ1n) is 8.21. The summed E-state index contributed by atoms with van der Waals surface area (Å²) in [6.45, 7) is 1.95. The molecule has 124 valence electrons. The number of nitrogens with zero attached hydrogens (tertiary/aromatic N) is 5. The second-order valence-electron chi connectivity index (χ2n) is 6.41. The highest BCUT2D eigenvalue weighted by Crippen LogP contribution is 2.40. The maximum absolute atomic E-state index is 13.3. The summed E-state index contributed by atoms with van der Waals surface area (Å²) in [6, 6.07) is 5.54. The molecule has 0 spiro atoms. The molecule has 5 rings (SSSR count). The summed E-state index contributed by atoms with van der Waals surface area (Å²) in [5.41, 5.74) is 5.00. The molecule has 0 aromatic carbocycles. The standard InChI is InChI=1S/C18H15FN6/c1-10-6-13(14-8-21-23-18(14)22-10)15-9-25(12-3-4-12)24-17(15)16-5-2-11(19)7-20-16/h2,5-9,12H,3-4H2,1H3,(H,21,22,23). The molecule has 1 fully saturated rings. The normalized spacial score (nSPS) is 14.3. The second-order valence-corrected chi connectivity index (χ2v) is 6.41. The fourth-order valence-corrected chi connectivity index (χ4v) is 3.10. The monoisotopic (exact) mass is 334 g/mol. The molecular weight excluding hydrogens is 319 g/mol. The Morgan fingerprint density at radius 1 is 1.20 bits per heavy atom. The number of hydrogen-bond acceptors (Lipinski definition) is 4. The topological polar surface area (TPSA) is 72.3 Å². The Kier molecular flexibility index (Phi) is 2.97. The van der Waals surface area contributed by atoms with E-state index in [2.05, 4.69) is 26.4 Å². The van der Waals surface area contributed by atoms with Crippen molar-refractivity contribution in [3.05, 3.63) is 48.3 Å². The number of aryl methyl sites for hydroxylation is 1. The van der Waals surface area contributed by atoms with Crippen molar-refractivity contribution in [2.24, 2.45) is 0 Å². The fourth-order valence-electron chi connectivity index (χ4n) is 3.10. The number of nitrogens with one attached hydrogen (secondary N) is 1. The average Bonchev–Trinajstić information content (AvgIpc) is 3.18. The SMILES string of the molecule is Cc1cc(-c2cn(C3CC3)nc2-c2ccc(F)cn2)c2cn[nH]c2n1. The van der Waals surface area contributed by atoms with Gasteiger partial charge in [-0.2, -0.15) is 10.2 Å². The first-order valence-corrected chi connectivity index (χ1v) is 8.21. The Morgan fingerprint density at radius 3 is 2.84 bits per heavy atom. The van der Waals surface area contributed by atoms with Gasteiger partial charge in [-0.05, 0) is 43.5 Å². The summed E-state index contributed by atoms with van der Waals surface area (Å²) in [6.07, 6.45) is 7.31. The zero-order valence-electron chi connectivity index (χ0n) is 13.6. The summed E-state index contributed by atoms with van der Waals surface area (Å²) in [5.74, 6) is -0.357. The molecule has 4 aromatic heterocycles. The van der Waals surface area contributed by atoms with E-state index in [4.69, 9.17) is 5.10 Å². The Labute approximate surface area is 142 Å². The van der Waals surface area contributed by atoms with E-state index in [1.807, 2.05) is 17.7 Å². The van der Waals surface area contributed by atoms with Gasteiger partial charge in [-0.15, -0.1) is 0 Å². The van der Waals surface area contributed by atoms with Crippen LogP contribution in [0, 0.1) is 12.7 Å². The predicted octanol–water partition coefficient (Wildman–Crippen LogP) is 3.67. The van der Waals surface area contributed by atoms with Crippen LogP contribution in [-0.4, -0.2) is 29.9 Å². The molecule has 25 heavy (non-hydrogen) atoms.